The number of benzene rings is 1. The van der Waals surface area contributed by atoms with E-state index in [9.17, 15) is 14.4 Å². The van der Waals surface area contributed by atoms with Crippen molar-refractivity contribution < 1.29 is 13.6 Å². The summed E-state index contributed by atoms with van der Waals surface area (Å²) in [5.41, 5.74) is -1.32. The zero-order valence-corrected chi connectivity index (χ0v) is 20.5. The van der Waals surface area contributed by atoms with Crippen LogP contribution < -0.4 is 21.5 Å². The van der Waals surface area contributed by atoms with Gasteiger partial charge in [-0.25, -0.2) is 4.39 Å². The standard InChI is InChI=1S/C26H28FN3O4S/c1-14-6-4-12-30(14)26(33)16-7-3-8-17(20(16)27)28-22-23(25(32)24(22)31)29-21(19-9-5-13-35-19)18-11-10-15(2)34-18/h3,7-8,10-11,14,19,21,28-29H,4-6,9,12-13H2,1-2H3/t14-,19+,21?/m1/s1. The van der Waals surface area contributed by atoms with E-state index in [1.165, 1.54) is 12.1 Å². The molecule has 2 saturated heterocycles. The predicted molar refractivity (Wildman–Crippen MR) is 136 cm³/mol. The molecule has 5 rings (SSSR count). The molecule has 0 radical (unpaired) electrons. The average molecular weight is 498 g/mol. The molecule has 9 heteroatoms. The van der Waals surface area contributed by atoms with Gasteiger partial charge in [0, 0.05) is 17.8 Å². The van der Waals surface area contributed by atoms with Crippen LogP contribution in [-0.4, -0.2) is 34.4 Å². The fourth-order valence-electron chi connectivity index (χ4n) is 4.96. The Bertz CT molecular complexity index is 1320. The molecule has 1 unspecified atom stereocenters. The number of halogens is 1. The lowest BCUT2D eigenvalue weighted by atomic mass is 10.0. The molecule has 1 amide bonds. The number of anilines is 3. The second-order valence-corrected chi connectivity index (χ2v) is 10.7. The largest absolute Gasteiger partial charge is 0.464 e. The van der Waals surface area contributed by atoms with Crippen LogP contribution in [0.15, 0.2) is 44.3 Å². The van der Waals surface area contributed by atoms with E-state index in [2.05, 4.69) is 10.6 Å². The lowest BCUT2D eigenvalue weighted by molar-refractivity contribution is 0.0743. The van der Waals surface area contributed by atoms with Gasteiger partial charge in [0.2, 0.25) is 0 Å². The summed E-state index contributed by atoms with van der Waals surface area (Å²) in [7, 11) is 0. The minimum absolute atomic E-state index is 0.00399. The van der Waals surface area contributed by atoms with Crippen molar-refractivity contribution in [1.82, 2.24) is 4.90 Å². The average Bonchev–Trinajstić information content (AvgIpc) is 3.62. The number of nitrogens with zero attached hydrogens (tertiary/aromatic N) is 1. The van der Waals surface area contributed by atoms with Crippen LogP contribution in [-0.2, 0) is 0 Å². The van der Waals surface area contributed by atoms with Gasteiger partial charge >= 0.3 is 0 Å². The highest BCUT2D eigenvalue weighted by atomic mass is 32.2. The molecule has 35 heavy (non-hydrogen) atoms. The summed E-state index contributed by atoms with van der Waals surface area (Å²) in [5.74, 6) is 1.36. The molecule has 0 spiro atoms. The summed E-state index contributed by atoms with van der Waals surface area (Å²) in [6, 6.07) is 7.97. The van der Waals surface area contributed by atoms with Gasteiger partial charge in [-0.15, -0.1) is 0 Å². The van der Waals surface area contributed by atoms with E-state index in [1.54, 1.807) is 22.7 Å². The number of nitrogens with one attached hydrogen (secondary N) is 2. The first-order valence-electron chi connectivity index (χ1n) is 12.0. The summed E-state index contributed by atoms with van der Waals surface area (Å²) < 4.78 is 21.2. The highest BCUT2D eigenvalue weighted by Gasteiger charge is 2.33. The van der Waals surface area contributed by atoms with Crippen LogP contribution in [0.4, 0.5) is 21.5 Å². The Hall–Kier alpha value is -3.07. The Labute approximate surface area is 206 Å². The van der Waals surface area contributed by atoms with Gasteiger partial charge in [0.05, 0.1) is 17.3 Å². The van der Waals surface area contributed by atoms with E-state index in [0.29, 0.717) is 12.3 Å². The third-order valence-corrected chi connectivity index (χ3v) is 8.38. The van der Waals surface area contributed by atoms with E-state index < -0.39 is 16.7 Å². The first kappa shape index (κ1) is 23.7. The summed E-state index contributed by atoms with van der Waals surface area (Å²) in [6.07, 6.45) is 3.79. The molecule has 2 aliphatic heterocycles. The number of likely N-dealkylation sites (tertiary alicyclic amines) is 1. The number of carbonyl (C=O) groups is 1. The number of hydrogen-bond donors (Lipinski definition) is 2. The third-order valence-electron chi connectivity index (χ3n) is 6.92. The summed E-state index contributed by atoms with van der Waals surface area (Å²) >= 11 is 1.79. The number of thioether (sulfide) groups is 1. The number of carbonyl (C=O) groups excluding carboxylic acids is 1. The van der Waals surface area contributed by atoms with E-state index in [1.807, 2.05) is 26.0 Å². The van der Waals surface area contributed by atoms with Gasteiger partial charge < -0.3 is 20.0 Å². The van der Waals surface area contributed by atoms with Gasteiger partial charge in [-0.3, -0.25) is 14.4 Å². The zero-order chi connectivity index (χ0) is 24.7. The van der Waals surface area contributed by atoms with Gasteiger partial charge in [-0.1, -0.05) is 6.07 Å². The molecule has 3 heterocycles. The molecule has 2 fully saturated rings. The Balaban J connectivity index is 1.42. The van der Waals surface area contributed by atoms with Crippen molar-refractivity contribution in [2.24, 2.45) is 0 Å². The lowest BCUT2D eigenvalue weighted by Crippen LogP contribution is -2.39. The number of furan rings is 1. The molecule has 2 aromatic carbocycles. The Kier molecular flexibility index (Phi) is 6.44. The molecule has 0 saturated carbocycles. The maximum absolute atomic E-state index is 15.4. The van der Waals surface area contributed by atoms with Gasteiger partial charge in [-0.05, 0) is 69.5 Å². The van der Waals surface area contributed by atoms with Crippen LogP contribution in [0.3, 0.4) is 0 Å². The van der Waals surface area contributed by atoms with Gasteiger partial charge in [0.1, 0.15) is 22.9 Å². The third kappa shape index (κ3) is 4.37. The van der Waals surface area contributed by atoms with Crippen molar-refractivity contribution in [3.05, 3.63) is 73.7 Å². The summed E-state index contributed by atoms with van der Waals surface area (Å²) in [6.45, 7) is 4.40. The molecule has 2 N–H and O–H groups in total. The van der Waals surface area contributed by atoms with E-state index >= 15 is 4.39 Å². The van der Waals surface area contributed by atoms with Gasteiger partial charge in [-0.2, -0.15) is 11.8 Å². The van der Waals surface area contributed by atoms with Crippen LogP contribution in [0.2, 0.25) is 0 Å². The molecular formula is C26H28FN3O4S. The molecule has 3 atom stereocenters. The number of aryl methyl sites for hydroxylation is 1. The maximum atomic E-state index is 15.4. The van der Waals surface area contributed by atoms with Gasteiger partial charge in [0.25, 0.3) is 16.8 Å². The topological polar surface area (TPSA) is 91.6 Å². The second-order valence-electron chi connectivity index (χ2n) is 9.31. The molecule has 3 aromatic rings. The van der Waals surface area contributed by atoms with Crippen molar-refractivity contribution in [1.29, 1.82) is 0 Å². The Morgan fingerprint density at radius 2 is 1.94 bits per heavy atom. The minimum atomic E-state index is -0.736. The van der Waals surface area contributed by atoms with Crippen molar-refractivity contribution >= 4 is 34.7 Å². The molecule has 184 valence electrons. The van der Waals surface area contributed by atoms with Crippen molar-refractivity contribution in [3.63, 3.8) is 0 Å². The van der Waals surface area contributed by atoms with Crippen LogP contribution in [0.25, 0.3) is 0 Å². The quantitative estimate of drug-likeness (QED) is 0.456. The van der Waals surface area contributed by atoms with Crippen LogP contribution in [0, 0.1) is 12.7 Å². The van der Waals surface area contributed by atoms with Crippen LogP contribution in [0.1, 0.15) is 60.5 Å². The monoisotopic (exact) mass is 497 g/mol. The molecule has 2 aliphatic rings. The molecule has 0 bridgehead atoms. The van der Waals surface area contributed by atoms with E-state index in [-0.39, 0.29) is 45.9 Å². The number of rotatable bonds is 7. The molecular weight excluding hydrogens is 469 g/mol. The molecule has 1 aromatic heterocycles. The first-order chi connectivity index (χ1) is 16.8. The fraction of sp³-hybridized carbons (Fsp3) is 0.423. The smallest absolute Gasteiger partial charge is 0.257 e. The fourth-order valence-corrected chi connectivity index (χ4v) is 6.32. The summed E-state index contributed by atoms with van der Waals surface area (Å²) in [5, 5.41) is 6.19. The number of amides is 1. The highest BCUT2D eigenvalue weighted by Crippen LogP contribution is 2.39. The van der Waals surface area contributed by atoms with Gasteiger partial charge in [0.15, 0.2) is 5.82 Å². The predicted octanol–water partition coefficient (Wildman–Crippen LogP) is 4.74. The second kappa shape index (κ2) is 9.53. The maximum Gasteiger partial charge on any atom is 0.257 e. The van der Waals surface area contributed by atoms with Crippen molar-refractivity contribution in [2.75, 3.05) is 22.9 Å². The van der Waals surface area contributed by atoms with E-state index in [4.69, 9.17) is 4.42 Å². The first-order valence-corrected chi connectivity index (χ1v) is 13.0. The SMILES string of the molecule is Cc1ccc(C(Nc2c(Nc3cccc(C(=O)N4CCC[C@H]4C)c3F)c(=O)c2=O)[C@@H]2CCCS2)o1. The lowest BCUT2D eigenvalue weighted by Gasteiger charge is -2.25. The Morgan fingerprint density at radius 1 is 1.14 bits per heavy atom. The zero-order valence-electron chi connectivity index (χ0n) is 19.7. The summed E-state index contributed by atoms with van der Waals surface area (Å²) in [4.78, 5) is 39.6. The number of hydrogen-bond acceptors (Lipinski definition) is 7. The molecule has 0 aliphatic carbocycles. The molecule has 7 nitrogen and oxygen atoms in total. The van der Waals surface area contributed by atoms with Crippen LogP contribution in [0.5, 0.6) is 0 Å². The van der Waals surface area contributed by atoms with E-state index in [0.717, 1.165) is 37.2 Å². The van der Waals surface area contributed by atoms with Crippen LogP contribution >= 0.6 is 11.8 Å². The van der Waals surface area contributed by atoms with Crippen molar-refractivity contribution in [2.45, 2.75) is 56.9 Å². The normalized spacial score (nSPS) is 20.9. The highest BCUT2D eigenvalue weighted by molar-refractivity contribution is 8.00. The van der Waals surface area contributed by atoms with Crippen molar-refractivity contribution in [3.8, 4) is 0 Å². The Morgan fingerprint density at radius 3 is 2.60 bits per heavy atom. The minimum Gasteiger partial charge on any atom is -0.464 e.